The lowest BCUT2D eigenvalue weighted by molar-refractivity contribution is -0.141. The van der Waals surface area contributed by atoms with Crippen LogP contribution in [0.2, 0.25) is 0 Å². The third-order valence-electron chi connectivity index (χ3n) is 6.69. The Morgan fingerprint density at radius 2 is 1.29 bits per heavy atom. The monoisotopic (exact) mass is 464 g/mol. The quantitative estimate of drug-likeness (QED) is 0.369. The minimum atomic E-state index is -0.633. The molecule has 2 aliphatic carbocycles. The summed E-state index contributed by atoms with van der Waals surface area (Å²) in [6.07, 6.45) is 9.55. The molecule has 2 aromatic rings. The average molecular weight is 465 g/mol. The average Bonchev–Trinajstić information content (AvgIpc) is 2.89. The van der Waals surface area contributed by atoms with E-state index < -0.39 is 5.97 Å². The molecule has 2 aliphatic rings. The van der Waals surface area contributed by atoms with Crippen LogP contribution in [-0.2, 0) is 20.9 Å². The zero-order valence-corrected chi connectivity index (χ0v) is 19.5. The van der Waals surface area contributed by atoms with Crippen molar-refractivity contribution in [3.8, 4) is 11.5 Å². The molecule has 0 saturated heterocycles. The van der Waals surface area contributed by atoms with Crippen LogP contribution >= 0.6 is 0 Å². The van der Waals surface area contributed by atoms with Gasteiger partial charge in [0, 0.05) is 0 Å². The molecule has 34 heavy (non-hydrogen) atoms. The highest BCUT2D eigenvalue weighted by molar-refractivity contribution is 5.94. The van der Waals surface area contributed by atoms with E-state index in [2.05, 4.69) is 0 Å². The SMILES string of the molecule is O=C(OCc1ccccc1)c1cc(OC(=O)C2CCCCC2)ccc1OC(=O)C1CCCCC1. The Morgan fingerprint density at radius 3 is 1.91 bits per heavy atom. The summed E-state index contributed by atoms with van der Waals surface area (Å²) in [6.45, 7) is 0.0851. The van der Waals surface area contributed by atoms with E-state index in [0.717, 1.165) is 69.8 Å². The topological polar surface area (TPSA) is 78.9 Å². The highest BCUT2D eigenvalue weighted by atomic mass is 16.6. The molecule has 2 saturated carbocycles. The largest absolute Gasteiger partial charge is 0.457 e. The lowest BCUT2D eigenvalue weighted by Gasteiger charge is -2.21. The van der Waals surface area contributed by atoms with Crippen LogP contribution in [0.5, 0.6) is 11.5 Å². The molecule has 6 heteroatoms. The van der Waals surface area contributed by atoms with Crippen molar-refractivity contribution in [3.05, 3.63) is 59.7 Å². The molecule has 6 nitrogen and oxygen atoms in total. The Bertz CT molecular complexity index is 987. The molecule has 0 spiro atoms. The van der Waals surface area contributed by atoms with Crippen LogP contribution < -0.4 is 9.47 Å². The molecule has 0 aromatic heterocycles. The third-order valence-corrected chi connectivity index (χ3v) is 6.69. The van der Waals surface area contributed by atoms with Gasteiger partial charge >= 0.3 is 17.9 Å². The molecule has 2 fully saturated rings. The van der Waals surface area contributed by atoms with Gasteiger partial charge in [-0.25, -0.2) is 4.79 Å². The number of hydrogen-bond donors (Lipinski definition) is 0. The molecular weight excluding hydrogens is 432 g/mol. The van der Waals surface area contributed by atoms with Crippen molar-refractivity contribution < 1.29 is 28.6 Å². The molecule has 0 radical (unpaired) electrons. The number of carbonyl (C=O) groups is 3. The standard InChI is InChI=1S/C28H32O6/c29-26(21-12-6-2-7-13-21)33-23-16-17-25(34-27(30)22-14-8-3-9-15-22)24(18-23)28(31)32-19-20-10-4-1-5-11-20/h1,4-5,10-11,16-18,21-22H,2-3,6-9,12-15,19H2. The van der Waals surface area contributed by atoms with Crippen molar-refractivity contribution in [2.45, 2.75) is 70.8 Å². The van der Waals surface area contributed by atoms with Crippen molar-refractivity contribution >= 4 is 17.9 Å². The fraction of sp³-hybridized carbons (Fsp3) is 0.464. The van der Waals surface area contributed by atoms with Gasteiger partial charge in [-0.1, -0.05) is 68.9 Å². The van der Waals surface area contributed by atoms with E-state index >= 15 is 0 Å². The molecule has 0 heterocycles. The highest BCUT2D eigenvalue weighted by Gasteiger charge is 2.27. The van der Waals surface area contributed by atoms with Crippen LogP contribution in [0, 0.1) is 11.8 Å². The predicted molar refractivity (Wildman–Crippen MR) is 126 cm³/mol. The van der Waals surface area contributed by atoms with E-state index in [0.29, 0.717) is 0 Å². The molecule has 0 aliphatic heterocycles. The Morgan fingerprint density at radius 1 is 0.706 bits per heavy atom. The van der Waals surface area contributed by atoms with E-state index in [1.807, 2.05) is 30.3 Å². The number of ether oxygens (including phenoxy) is 3. The highest BCUT2D eigenvalue weighted by Crippen LogP contribution is 2.31. The molecule has 0 bridgehead atoms. The first kappa shape index (κ1) is 24.0. The summed E-state index contributed by atoms with van der Waals surface area (Å²) in [5.41, 5.74) is 0.922. The van der Waals surface area contributed by atoms with E-state index in [-0.39, 0.29) is 47.4 Å². The summed E-state index contributed by atoms with van der Waals surface area (Å²) in [5, 5.41) is 0. The molecule has 180 valence electrons. The number of carbonyl (C=O) groups excluding carboxylic acids is 3. The Balaban J connectivity index is 1.50. The Labute approximate surface area is 200 Å². The van der Waals surface area contributed by atoms with Crippen LogP contribution in [0.25, 0.3) is 0 Å². The molecule has 4 rings (SSSR count). The van der Waals surface area contributed by atoms with Gasteiger partial charge < -0.3 is 14.2 Å². The van der Waals surface area contributed by atoms with Gasteiger partial charge in [0.2, 0.25) is 0 Å². The van der Waals surface area contributed by atoms with E-state index in [4.69, 9.17) is 14.2 Å². The van der Waals surface area contributed by atoms with Crippen LogP contribution in [0.3, 0.4) is 0 Å². The smallest absolute Gasteiger partial charge is 0.342 e. The van der Waals surface area contributed by atoms with Crippen molar-refractivity contribution in [3.63, 3.8) is 0 Å². The van der Waals surface area contributed by atoms with Crippen molar-refractivity contribution in [1.82, 2.24) is 0 Å². The van der Waals surface area contributed by atoms with Gasteiger partial charge in [-0.15, -0.1) is 0 Å². The fourth-order valence-corrected chi connectivity index (χ4v) is 4.69. The first-order chi connectivity index (χ1) is 16.6. The van der Waals surface area contributed by atoms with Crippen LogP contribution in [-0.4, -0.2) is 17.9 Å². The van der Waals surface area contributed by atoms with E-state index in [9.17, 15) is 14.4 Å². The first-order valence-electron chi connectivity index (χ1n) is 12.4. The van der Waals surface area contributed by atoms with Crippen molar-refractivity contribution in [2.24, 2.45) is 11.8 Å². The lowest BCUT2D eigenvalue weighted by atomic mass is 9.89. The predicted octanol–water partition coefficient (Wildman–Crippen LogP) is 6.02. The molecule has 0 N–H and O–H groups in total. The maximum absolute atomic E-state index is 13.0. The van der Waals surface area contributed by atoms with Gasteiger partial charge in [0.1, 0.15) is 23.7 Å². The number of rotatable bonds is 7. The summed E-state index contributed by atoms with van der Waals surface area (Å²) >= 11 is 0. The van der Waals surface area contributed by atoms with Crippen LogP contribution in [0.15, 0.2) is 48.5 Å². The van der Waals surface area contributed by atoms with E-state index in [1.165, 1.54) is 12.1 Å². The normalized spacial score (nSPS) is 17.1. The third kappa shape index (κ3) is 6.46. The summed E-state index contributed by atoms with van der Waals surface area (Å²) in [6, 6.07) is 13.9. The first-order valence-corrected chi connectivity index (χ1v) is 12.4. The zero-order valence-electron chi connectivity index (χ0n) is 19.5. The zero-order chi connectivity index (χ0) is 23.8. The summed E-state index contributed by atoms with van der Waals surface area (Å²) in [7, 11) is 0. The van der Waals surface area contributed by atoms with Crippen molar-refractivity contribution in [2.75, 3.05) is 0 Å². The summed E-state index contributed by atoms with van der Waals surface area (Å²) < 4.78 is 16.7. The second-order valence-corrected chi connectivity index (χ2v) is 9.23. The molecular formula is C28H32O6. The van der Waals surface area contributed by atoms with E-state index in [1.54, 1.807) is 6.07 Å². The van der Waals surface area contributed by atoms with Gasteiger partial charge in [0.15, 0.2) is 0 Å². The maximum atomic E-state index is 13.0. The lowest BCUT2D eigenvalue weighted by Crippen LogP contribution is -2.24. The molecule has 0 amide bonds. The van der Waals surface area contributed by atoms with Gasteiger partial charge in [-0.05, 0) is 49.4 Å². The molecule has 0 unspecified atom stereocenters. The van der Waals surface area contributed by atoms with Gasteiger partial charge in [0.05, 0.1) is 11.8 Å². The maximum Gasteiger partial charge on any atom is 0.342 e. The molecule has 0 atom stereocenters. The van der Waals surface area contributed by atoms with Gasteiger partial charge in [-0.2, -0.15) is 0 Å². The number of benzene rings is 2. The number of hydrogen-bond acceptors (Lipinski definition) is 6. The second kappa shape index (κ2) is 11.8. The fourth-order valence-electron chi connectivity index (χ4n) is 4.69. The van der Waals surface area contributed by atoms with Crippen LogP contribution in [0.1, 0.15) is 80.1 Å². The second-order valence-electron chi connectivity index (χ2n) is 9.23. The summed E-state index contributed by atoms with van der Waals surface area (Å²) in [5.74, 6) is -1.15. The summed E-state index contributed by atoms with van der Waals surface area (Å²) in [4.78, 5) is 38.3. The number of esters is 3. The van der Waals surface area contributed by atoms with Gasteiger partial charge in [-0.3, -0.25) is 9.59 Å². The minimum Gasteiger partial charge on any atom is -0.457 e. The van der Waals surface area contributed by atoms with Gasteiger partial charge in [0.25, 0.3) is 0 Å². The Kier molecular flexibility index (Phi) is 8.34. The van der Waals surface area contributed by atoms with Crippen LogP contribution in [0.4, 0.5) is 0 Å². The molecule has 2 aromatic carbocycles. The van der Waals surface area contributed by atoms with Crippen molar-refractivity contribution in [1.29, 1.82) is 0 Å². The minimum absolute atomic E-state index is 0.0778. The Hall–Kier alpha value is -3.15.